The second kappa shape index (κ2) is 5.59. The van der Waals surface area contributed by atoms with Gasteiger partial charge < -0.3 is 5.11 Å². The van der Waals surface area contributed by atoms with Crippen LogP contribution >= 0.6 is 0 Å². The fraction of sp³-hybridized carbons (Fsp3) is 0.222. The molecule has 0 saturated heterocycles. The van der Waals surface area contributed by atoms with Gasteiger partial charge in [0, 0.05) is 0 Å². The number of benzene rings is 1. The summed E-state index contributed by atoms with van der Waals surface area (Å²) in [5, 5.41) is 8.70. The van der Waals surface area contributed by atoms with Gasteiger partial charge in [-0.1, -0.05) is 12.1 Å². The van der Waals surface area contributed by atoms with E-state index >= 15 is 0 Å². The quantitative estimate of drug-likeness (QED) is 0.739. The molecule has 0 aliphatic rings. The molecule has 15 heavy (non-hydrogen) atoms. The first kappa shape index (κ1) is 11.8. The lowest BCUT2D eigenvalue weighted by Gasteiger charge is -2.01. The average molecular weight is 230 g/mol. The Morgan fingerprint density at radius 2 is 2.20 bits per heavy atom. The van der Waals surface area contributed by atoms with Gasteiger partial charge in [-0.3, -0.25) is 8.74 Å². The van der Waals surface area contributed by atoms with Crippen molar-refractivity contribution in [1.82, 2.24) is 0 Å². The minimum Gasteiger partial charge on any atom is -0.478 e. The summed E-state index contributed by atoms with van der Waals surface area (Å²) in [6.07, 6.45) is 0.396. The Morgan fingerprint density at radius 3 is 2.80 bits per heavy atom. The third kappa shape index (κ3) is 4.20. The summed E-state index contributed by atoms with van der Waals surface area (Å²) in [7, 11) is 0. The van der Waals surface area contributed by atoms with Crippen LogP contribution in [0, 0.1) is 0 Å². The monoisotopic (exact) mass is 230 g/mol. The van der Waals surface area contributed by atoms with Crippen LogP contribution in [0.1, 0.15) is 15.9 Å². The Hall–Kier alpha value is -1.24. The van der Waals surface area contributed by atoms with Crippen LogP contribution in [0.2, 0.25) is 0 Å². The molecule has 1 atom stereocenters. The van der Waals surface area contributed by atoms with Gasteiger partial charge in [0.05, 0.1) is 12.2 Å². The Morgan fingerprint density at radius 1 is 1.47 bits per heavy atom. The minimum atomic E-state index is -2.27. The molecule has 0 heterocycles. The highest BCUT2D eigenvalue weighted by Gasteiger charge is 2.03. The predicted octanol–water partition coefficient (Wildman–Crippen LogP) is 1.08. The van der Waals surface area contributed by atoms with Gasteiger partial charge in [-0.05, 0) is 24.1 Å². The SMILES string of the molecule is O=C(O)c1cccc(CCOS(=O)O)c1. The Labute approximate surface area is 89.2 Å². The standard InChI is InChI=1S/C9H10O5S/c10-9(11)8-3-1-2-7(6-8)4-5-14-15(12)13/h1-3,6H,4-5H2,(H,10,11)(H,12,13). The molecule has 1 unspecified atom stereocenters. The number of carboxylic acid groups (broad SMARTS) is 1. The van der Waals surface area contributed by atoms with Crippen LogP contribution in [-0.4, -0.2) is 26.4 Å². The van der Waals surface area contributed by atoms with Crippen LogP contribution in [0.25, 0.3) is 0 Å². The van der Waals surface area contributed by atoms with Gasteiger partial charge in [0.2, 0.25) is 0 Å². The summed E-state index contributed by atoms with van der Waals surface area (Å²) < 4.78 is 22.9. The number of aromatic carboxylic acids is 1. The average Bonchev–Trinajstić information content (AvgIpc) is 2.17. The van der Waals surface area contributed by atoms with E-state index in [-0.39, 0.29) is 12.2 Å². The van der Waals surface area contributed by atoms with Crippen LogP contribution < -0.4 is 0 Å². The topological polar surface area (TPSA) is 83.8 Å². The van der Waals surface area contributed by atoms with E-state index in [2.05, 4.69) is 4.18 Å². The van der Waals surface area contributed by atoms with Crippen molar-refractivity contribution in [3.63, 3.8) is 0 Å². The highest BCUT2D eigenvalue weighted by atomic mass is 32.2. The van der Waals surface area contributed by atoms with Gasteiger partial charge in [-0.15, -0.1) is 0 Å². The molecule has 82 valence electrons. The number of rotatable bonds is 5. The molecule has 1 aromatic rings. The third-order valence-corrected chi connectivity index (χ3v) is 2.12. The number of carbonyl (C=O) groups is 1. The highest BCUT2D eigenvalue weighted by Crippen LogP contribution is 2.06. The maximum Gasteiger partial charge on any atom is 0.335 e. The molecule has 2 N–H and O–H groups in total. The Kier molecular flexibility index (Phi) is 4.41. The second-order valence-electron chi connectivity index (χ2n) is 2.79. The maximum absolute atomic E-state index is 10.6. The van der Waals surface area contributed by atoms with Gasteiger partial charge in [0.1, 0.15) is 0 Å². The van der Waals surface area contributed by atoms with Crippen molar-refractivity contribution in [3.05, 3.63) is 35.4 Å². The second-order valence-corrected chi connectivity index (χ2v) is 3.46. The van der Waals surface area contributed by atoms with Gasteiger partial charge in [-0.25, -0.2) is 4.79 Å². The normalized spacial score (nSPS) is 12.3. The number of hydrogen-bond acceptors (Lipinski definition) is 3. The van der Waals surface area contributed by atoms with Crippen molar-refractivity contribution < 1.29 is 22.8 Å². The molecule has 0 fully saturated rings. The first-order chi connectivity index (χ1) is 7.09. The van der Waals surface area contributed by atoms with Crippen LogP contribution in [0.4, 0.5) is 0 Å². The molecule has 1 rings (SSSR count). The zero-order chi connectivity index (χ0) is 11.3. The van der Waals surface area contributed by atoms with Crippen molar-refractivity contribution in [2.24, 2.45) is 0 Å². The molecule has 0 aliphatic heterocycles. The molecule has 5 nitrogen and oxygen atoms in total. The van der Waals surface area contributed by atoms with Crippen molar-refractivity contribution in [1.29, 1.82) is 0 Å². The molecule has 0 radical (unpaired) electrons. The van der Waals surface area contributed by atoms with Gasteiger partial charge >= 0.3 is 17.3 Å². The largest absolute Gasteiger partial charge is 0.478 e. The van der Waals surface area contributed by atoms with Crippen LogP contribution in [0.15, 0.2) is 24.3 Å². The fourth-order valence-corrected chi connectivity index (χ4v) is 1.32. The molecule has 0 spiro atoms. The lowest BCUT2D eigenvalue weighted by molar-refractivity contribution is 0.0696. The van der Waals surface area contributed by atoms with E-state index in [0.29, 0.717) is 6.42 Å². The molecule has 1 aromatic carbocycles. The van der Waals surface area contributed by atoms with E-state index < -0.39 is 17.3 Å². The molecule has 0 amide bonds. The zero-order valence-electron chi connectivity index (χ0n) is 7.75. The summed E-state index contributed by atoms with van der Waals surface area (Å²) in [6, 6.07) is 6.34. The van der Waals surface area contributed by atoms with Crippen molar-refractivity contribution in [2.75, 3.05) is 6.61 Å². The highest BCUT2D eigenvalue weighted by molar-refractivity contribution is 7.74. The first-order valence-corrected chi connectivity index (χ1v) is 5.19. The lowest BCUT2D eigenvalue weighted by atomic mass is 10.1. The molecule has 0 bridgehead atoms. The summed E-state index contributed by atoms with van der Waals surface area (Å²) >= 11 is -2.27. The van der Waals surface area contributed by atoms with E-state index in [1.54, 1.807) is 12.1 Å². The predicted molar refractivity (Wildman–Crippen MR) is 53.8 cm³/mol. The molecular weight excluding hydrogens is 220 g/mol. The van der Waals surface area contributed by atoms with E-state index in [1.807, 2.05) is 0 Å². The van der Waals surface area contributed by atoms with Crippen molar-refractivity contribution in [3.8, 4) is 0 Å². The van der Waals surface area contributed by atoms with Gasteiger partial charge in [0.15, 0.2) is 0 Å². The van der Waals surface area contributed by atoms with Crippen LogP contribution in [0.5, 0.6) is 0 Å². The molecule has 0 aromatic heterocycles. The summed E-state index contributed by atoms with van der Waals surface area (Å²) in [5.41, 5.74) is 0.943. The van der Waals surface area contributed by atoms with E-state index in [1.165, 1.54) is 12.1 Å². The van der Waals surface area contributed by atoms with E-state index in [0.717, 1.165) is 5.56 Å². The van der Waals surface area contributed by atoms with Gasteiger partial charge in [0.25, 0.3) is 0 Å². The van der Waals surface area contributed by atoms with Crippen LogP contribution in [-0.2, 0) is 22.0 Å². The van der Waals surface area contributed by atoms with Crippen molar-refractivity contribution in [2.45, 2.75) is 6.42 Å². The molecular formula is C9H10O5S. The Bertz CT molecular complexity index is 377. The van der Waals surface area contributed by atoms with Gasteiger partial charge in [-0.2, -0.15) is 4.21 Å². The zero-order valence-corrected chi connectivity index (χ0v) is 8.57. The molecule has 6 heteroatoms. The fourth-order valence-electron chi connectivity index (χ4n) is 1.09. The van der Waals surface area contributed by atoms with Crippen LogP contribution in [0.3, 0.4) is 0 Å². The smallest absolute Gasteiger partial charge is 0.335 e. The maximum atomic E-state index is 10.6. The first-order valence-electron chi connectivity index (χ1n) is 4.16. The van der Waals surface area contributed by atoms with Crippen molar-refractivity contribution >= 4 is 17.3 Å². The summed E-state index contributed by atoms with van der Waals surface area (Å²) in [4.78, 5) is 10.6. The minimum absolute atomic E-state index is 0.0756. The third-order valence-electron chi connectivity index (χ3n) is 1.75. The summed E-state index contributed by atoms with van der Waals surface area (Å²) in [6.45, 7) is 0.0756. The van der Waals surface area contributed by atoms with E-state index in [9.17, 15) is 9.00 Å². The Balaban J connectivity index is 2.58. The number of carboxylic acids is 1. The summed E-state index contributed by atoms with van der Waals surface area (Å²) in [5.74, 6) is -0.997. The molecule has 0 saturated carbocycles. The molecule has 0 aliphatic carbocycles. The van der Waals surface area contributed by atoms with E-state index in [4.69, 9.17) is 9.66 Å². The number of hydrogen-bond donors (Lipinski definition) is 2. The lowest BCUT2D eigenvalue weighted by Crippen LogP contribution is -2.02.